The third kappa shape index (κ3) is 6.30. The number of aliphatic hydroxyl groups is 2. The van der Waals surface area contributed by atoms with Gasteiger partial charge >= 0.3 is 0 Å². The Kier molecular flexibility index (Phi) is 10.1. The summed E-state index contributed by atoms with van der Waals surface area (Å²) in [7, 11) is 0. The second-order valence-electron chi connectivity index (χ2n) is 9.29. The number of unbranched alkanes of at least 4 members (excludes halogenated alkanes) is 2. The summed E-state index contributed by atoms with van der Waals surface area (Å²) in [5.41, 5.74) is 5.29. The number of ether oxygens (including phenoxy) is 2. The van der Waals surface area contributed by atoms with Crippen LogP contribution in [0.15, 0.2) is 36.4 Å². The van der Waals surface area contributed by atoms with Crippen LogP contribution in [0.2, 0.25) is 0 Å². The first-order valence-corrected chi connectivity index (χ1v) is 12.9. The fourth-order valence-electron chi connectivity index (χ4n) is 5.19. The van der Waals surface area contributed by atoms with Crippen LogP contribution in [-0.2, 0) is 18.3 Å². The highest BCUT2D eigenvalue weighted by atomic mass is 16.5. The molecule has 1 fully saturated rings. The van der Waals surface area contributed by atoms with Crippen LogP contribution in [-0.4, -0.2) is 36.6 Å². The van der Waals surface area contributed by atoms with Gasteiger partial charge in [0.15, 0.2) is 0 Å². The van der Waals surface area contributed by atoms with Gasteiger partial charge in [0.25, 0.3) is 0 Å². The number of benzene rings is 2. The van der Waals surface area contributed by atoms with E-state index < -0.39 is 0 Å². The maximum atomic E-state index is 9.23. The lowest BCUT2D eigenvalue weighted by atomic mass is 9.72. The largest absolute Gasteiger partial charge is 0.491 e. The topological polar surface area (TPSA) is 58.9 Å². The second kappa shape index (κ2) is 13.0. The number of rotatable bonds is 14. The van der Waals surface area contributed by atoms with Crippen molar-refractivity contribution in [1.82, 2.24) is 0 Å². The van der Waals surface area contributed by atoms with Crippen LogP contribution >= 0.6 is 0 Å². The molecule has 1 aliphatic carbocycles. The summed E-state index contributed by atoms with van der Waals surface area (Å²) in [6.07, 6.45) is 11.3. The summed E-state index contributed by atoms with van der Waals surface area (Å²) in [6, 6.07) is 13.5. The Morgan fingerprint density at radius 3 is 1.58 bits per heavy atom. The molecule has 0 unspecified atom stereocenters. The van der Waals surface area contributed by atoms with Gasteiger partial charge in [-0.15, -0.1) is 0 Å². The first-order valence-electron chi connectivity index (χ1n) is 12.9. The molecule has 0 heterocycles. The molecule has 2 N–H and O–H groups in total. The van der Waals surface area contributed by atoms with E-state index in [2.05, 4.69) is 50.2 Å². The molecule has 0 atom stereocenters. The second-order valence-corrected chi connectivity index (χ2v) is 9.29. The van der Waals surface area contributed by atoms with Crippen LogP contribution < -0.4 is 9.47 Å². The minimum absolute atomic E-state index is 0.0208. The average Bonchev–Trinajstić information content (AvgIpc) is 3.35. The molecule has 0 radical (unpaired) electrons. The van der Waals surface area contributed by atoms with Crippen molar-refractivity contribution in [2.45, 2.75) is 83.5 Å². The summed E-state index contributed by atoms with van der Waals surface area (Å²) in [6.45, 7) is 5.16. The van der Waals surface area contributed by atoms with Crippen LogP contribution in [0.3, 0.4) is 0 Å². The van der Waals surface area contributed by atoms with Crippen molar-refractivity contribution in [3.63, 3.8) is 0 Å². The third-order valence-corrected chi connectivity index (χ3v) is 6.98. The molecule has 33 heavy (non-hydrogen) atoms. The Labute approximate surface area is 200 Å². The van der Waals surface area contributed by atoms with E-state index in [1.54, 1.807) is 0 Å². The van der Waals surface area contributed by atoms with E-state index in [1.807, 2.05) is 0 Å². The lowest BCUT2D eigenvalue weighted by molar-refractivity contribution is 0.200. The average molecular weight is 455 g/mol. The van der Waals surface area contributed by atoms with Gasteiger partial charge in [0, 0.05) is 5.41 Å². The molecule has 0 saturated heterocycles. The molecule has 4 heteroatoms. The SMILES string of the molecule is CCCCc1cc(C2(c3ccc(OCCO)c(CCCC)c3)CCCC2)ccc1OCCO. The van der Waals surface area contributed by atoms with E-state index in [0.29, 0.717) is 13.2 Å². The van der Waals surface area contributed by atoms with Crippen molar-refractivity contribution in [1.29, 1.82) is 0 Å². The highest BCUT2D eigenvalue weighted by Crippen LogP contribution is 2.48. The quantitative estimate of drug-likeness (QED) is 0.369. The zero-order chi connectivity index (χ0) is 23.5. The highest BCUT2D eigenvalue weighted by Gasteiger charge is 2.38. The molecule has 1 aliphatic rings. The molecular formula is C29H42O4. The Balaban J connectivity index is 2.01. The number of aryl methyl sites for hydroxylation is 2. The van der Waals surface area contributed by atoms with Gasteiger partial charge in [0.05, 0.1) is 13.2 Å². The Hall–Kier alpha value is -2.04. The van der Waals surface area contributed by atoms with Gasteiger partial charge in [-0.3, -0.25) is 0 Å². The molecule has 0 amide bonds. The van der Waals surface area contributed by atoms with Crippen molar-refractivity contribution in [2.24, 2.45) is 0 Å². The maximum absolute atomic E-state index is 9.23. The van der Waals surface area contributed by atoms with Crippen molar-refractivity contribution < 1.29 is 19.7 Å². The van der Waals surface area contributed by atoms with Crippen LogP contribution in [0.1, 0.15) is 87.5 Å². The normalized spacial score (nSPS) is 15.0. The first kappa shape index (κ1) is 25.6. The monoisotopic (exact) mass is 454 g/mol. The summed E-state index contributed by atoms with van der Waals surface area (Å²) in [4.78, 5) is 0. The van der Waals surface area contributed by atoms with Crippen molar-refractivity contribution >= 4 is 0 Å². The highest BCUT2D eigenvalue weighted by molar-refractivity contribution is 5.49. The number of aliphatic hydroxyl groups excluding tert-OH is 2. The van der Waals surface area contributed by atoms with Gasteiger partial charge in [-0.25, -0.2) is 0 Å². The number of hydrogen-bond donors (Lipinski definition) is 2. The van der Waals surface area contributed by atoms with E-state index in [0.717, 1.165) is 62.9 Å². The minimum Gasteiger partial charge on any atom is -0.491 e. The standard InChI is InChI=1S/C29H42O4/c1-3-5-9-23-21-25(11-13-27(23)32-19-17-30)29(15-7-8-16-29)26-12-14-28(33-20-18-31)24(22-26)10-6-4-2/h11-14,21-22,30-31H,3-10,15-20H2,1-2H3. The van der Waals surface area contributed by atoms with Crippen LogP contribution in [0.25, 0.3) is 0 Å². The Morgan fingerprint density at radius 1 is 0.727 bits per heavy atom. The molecular weight excluding hydrogens is 412 g/mol. The molecule has 0 aromatic heterocycles. The smallest absolute Gasteiger partial charge is 0.122 e. The molecule has 0 spiro atoms. The summed E-state index contributed by atoms with van der Waals surface area (Å²) in [5, 5.41) is 18.5. The predicted octanol–water partition coefficient (Wildman–Crippen LogP) is 5.97. The van der Waals surface area contributed by atoms with Gasteiger partial charge in [-0.05, 0) is 72.9 Å². The lowest BCUT2D eigenvalue weighted by Crippen LogP contribution is -2.24. The van der Waals surface area contributed by atoms with Gasteiger partial charge in [0.2, 0.25) is 0 Å². The molecule has 0 bridgehead atoms. The fourth-order valence-corrected chi connectivity index (χ4v) is 5.19. The van der Waals surface area contributed by atoms with Crippen LogP contribution in [0.5, 0.6) is 11.5 Å². The van der Waals surface area contributed by atoms with Gasteiger partial charge in [0.1, 0.15) is 24.7 Å². The molecule has 1 saturated carbocycles. The molecule has 182 valence electrons. The van der Waals surface area contributed by atoms with E-state index in [-0.39, 0.29) is 18.6 Å². The number of hydrogen-bond acceptors (Lipinski definition) is 4. The van der Waals surface area contributed by atoms with Crippen molar-refractivity contribution in [2.75, 3.05) is 26.4 Å². The molecule has 3 rings (SSSR count). The zero-order valence-electron chi connectivity index (χ0n) is 20.6. The fraction of sp³-hybridized carbons (Fsp3) is 0.586. The summed E-state index contributed by atoms with van der Waals surface area (Å²) < 4.78 is 11.7. The summed E-state index contributed by atoms with van der Waals surface area (Å²) >= 11 is 0. The summed E-state index contributed by atoms with van der Waals surface area (Å²) in [5.74, 6) is 1.82. The zero-order valence-corrected chi connectivity index (χ0v) is 20.6. The first-order chi connectivity index (χ1) is 16.2. The Morgan fingerprint density at radius 2 is 1.18 bits per heavy atom. The molecule has 2 aromatic rings. The Bertz CT molecular complexity index is 789. The maximum Gasteiger partial charge on any atom is 0.122 e. The van der Waals surface area contributed by atoms with Crippen molar-refractivity contribution in [3.05, 3.63) is 58.7 Å². The third-order valence-electron chi connectivity index (χ3n) is 6.98. The van der Waals surface area contributed by atoms with Crippen LogP contribution in [0.4, 0.5) is 0 Å². The molecule has 4 nitrogen and oxygen atoms in total. The van der Waals surface area contributed by atoms with E-state index >= 15 is 0 Å². The van der Waals surface area contributed by atoms with Gasteiger partial charge in [-0.2, -0.15) is 0 Å². The minimum atomic E-state index is 0.0208. The van der Waals surface area contributed by atoms with E-state index in [1.165, 1.54) is 35.1 Å². The van der Waals surface area contributed by atoms with Crippen molar-refractivity contribution in [3.8, 4) is 11.5 Å². The molecule has 2 aromatic carbocycles. The van der Waals surface area contributed by atoms with Gasteiger partial charge in [-0.1, -0.05) is 63.8 Å². The van der Waals surface area contributed by atoms with Crippen LogP contribution in [0, 0.1) is 0 Å². The predicted molar refractivity (Wildman–Crippen MR) is 135 cm³/mol. The lowest BCUT2D eigenvalue weighted by Gasteiger charge is -2.32. The van der Waals surface area contributed by atoms with Gasteiger partial charge < -0.3 is 19.7 Å². The molecule has 0 aliphatic heterocycles. The van der Waals surface area contributed by atoms with E-state index in [9.17, 15) is 10.2 Å². The van der Waals surface area contributed by atoms with E-state index in [4.69, 9.17) is 9.47 Å².